The lowest BCUT2D eigenvalue weighted by atomic mass is 10.0. The lowest BCUT2D eigenvalue weighted by Crippen LogP contribution is -1.83. The van der Waals surface area contributed by atoms with Crippen molar-refractivity contribution in [2.24, 2.45) is 0 Å². The van der Waals surface area contributed by atoms with Gasteiger partial charge in [0.1, 0.15) is 0 Å². The molecule has 0 aromatic rings. The average molecular weight is 425 g/mol. The maximum Gasteiger partial charge on any atom is -0.0288 e. The first kappa shape index (κ1) is 29.4. The van der Waals surface area contributed by atoms with Gasteiger partial charge in [-0.3, -0.25) is 0 Å². The molecule has 0 saturated carbocycles. The summed E-state index contributed by atoms with van der Waals surface area (Å²) in [5.74, 6) is 0. The average Bonchev–Trinajstić information content (AvgIpc) is 2.68. The highest BCUT2D eigenvalue weighted by molar-refractivity contribution is 5.08. The largest absolute Gasteiger partial charge is 0.0859 e. The first-order valence-electron chi connectivity index (χ1n) is 12.7. The Labute approximate surface area is 196 Å². The number of allylic oxidation sites excluding steroid dienone is 12. The van der Waals surface area contributed by atoms with Crippen LogP contribution < -0.4 is 0 Å². The normalized spacial score (nSPS) is 14.3. The van der Waals surface area contributed by atoms with Crippen molar-refractivity contribution in [3.05, 3.63) is 69.9 Å². The molecule has 31 heavy (non-hydrogen) atoms. The van der Waals surface area contributed by atoms with Gasteiger partial charge in [-0.2, -0.15) is 0 Å². The van der Waals surface area contributed by atoms with Crippen molar-refractivity contribution in [1.29, 1.82) is 0 Å². The molecule has 0 spiro atoms. The molecule has 0 atom stereocenters. The van der Waals surface area contributed by atoms with Gasteiger partial charge in [0.15, 0.2) is 0 Å². The number of hydrogen-bond donors (Lipinski definition) is 0. The summed E-state index contributed by atoms with van der Waals surface area (Å²) in [5.41, 5.74) is 9.08. The molecule has 0 aliphatic rings. The van der Waals surface area contributed by atoms with E-state index in [4.69, 9.17) is 0 Å². The Morgan fingerprint density at radius 1 is 0.387 bits per heavy atom. The molecule has 0 bridgehead atoms. The van der Waals surface area contributed by atoms with E-state index in [9.17, 15) is 0 Å². The predicted octanol–water partition coefficient (Wildman–Crippen LogP) is 11.0. The molecule has 0 heteroatoms. The van der Waals surface area contributed by atoms with Gasteiger partial charge < -0.3 is 0 Å². The summed E-state index contributed by atoms with van der Waals surface area (Å²) in [5, 5.41) is 0. The Morgan fingerprint density at radius 2 is 0.645 bits per heavy atom. The topological polar surface area (TPSA) is 0 Å². The molecule has 0 nitrogen and oxygen atoms in total. The second-order valence-corrected chi connectivity index (χ2v) is 9.64. The third kappa shape index (κ3) is 20.1. The highest BCUT2D eigenvalue weighted by atomic mass is 14.0. The van der Waals surface area contributed by atoms with Crippen LogP contribution in [0.3, 0.4) is 0 Å². The molecule has 0 amide bonds. The lowest BCUT2D eigenvalue weighted by Gasteiger charge is -2.03. The van der Waals surface area contributed by atoms with Crippen molar-refractivity contribution in [3.63, 3.8) is 0 Å². The summed E-state index contributed by atoms with van der Waals surface area (Å²) >= 11 is 0. The number of hydrogen-bond acceptors (Lipinski definition) is 0. The standard InChI is InChI=1S/C31H52/c1-9-15-27(4)18-11-19-29(6)22-13-23-31(8)25-14-24-30(7)21-12-20-28(5)17-10-16-26(2)3/h15-16,19-20,23-24H,9-14,17-18,21-22,25H2,1-8H3. The summed E-state index contributed by atoms with van der Waals surface area (Å²) in [4.78, 5) is 0. The molecule has 0 rings (SSSR count). The third-order valence-corrected chi connectivity index (χ3v) is 5.77. The third-order valence-electron chi connectivity index (χ3n) is 5.77. The van der Waals surface area contributed by atoms with Crippen LogP contribution in [0.1, 0.15) is 126 Å². The van der Waals surface area contributed by atoms with Crippen molar-refractivity contribution in [1.82, 2.24) is 0 Å². The summed E-state index contributed by atoms with van der Waals surface area (Å²) in [6.07, 6.45) is 27.5. The van der Waals surface area contributed by atoms with Crippen LogP contribution in [0.4, 0.5) is 0 Å². The van der Waals surface area contributed by atoms with Gasteiger partial charge in [-0.1, -0.05) is 76.8 Å². The van der Waals surface area contributed by atoms with Crippen LogP contribution in [0.5, 0.6) is 0 Å². The number of rotatable bonds is 16. The van der Waals surface area contributed by atoms with Crippen LogP contribution in [0.2, 0.25) is 0 Å². The Morgan fingerprint density at radius 3 is 0.903 bits per heavy atom. The minimum absolute atomic E-state index is 1.15. The summed E-state index contributed by atoms with van der Waals surface area (Å²) < 4.78 is 0. The molecule has 0 aromatic heterocycles. The van der Waals surface area contributed by atoms with Gasteiger partial charge in [0, 0.05) is 0 Å². The van der Waals surface area contributed by atoms with Crippen LogP contribution in [0.15, 0.2) is 69.9 Å². The minimum Gasteiger partial charge on any atom is -0.0859 e. The highest BCUT2D eigenvalue weighted by Crippen LogP contribution is 2.15. The monoisotopic (exact) mass is 424 g/mol. The molecule has 0 fully saturated rings. The fraction of sp³-hybridized carbons (Fsp3) is 0.613. The van der Waals surface area contributed by atoms with E-state index in [2.05, 4.69) is 91.8 Å². The van der Waals surface area contributed by atoms with Crippen molar-refractivity contribution < 1.29 is 0 Å². The molecule has 0 saturated heterocycles. The van der Waals surface area contributed by atoms with E-state index in [0.29, 0.717) is 0 Å². The van der Waals surface area contributed by atoms with E-state index in [-0.39, 0.29) is 0 Å². The zero-order valence-corrected chi connectivity index (χ0v) is 22.2. The Kier molecular flexibility index (Phi) is 18.2. The van der Waals surface area contributed by atoms with Crippen LogP contribution in [0.25, 0.3) is 0 Å². The van der Waals surface area contributed by atoms with Crippen LogP contribution in [-0.4, -0.2) is 0 Å². The smallest absolute Gasteiger partial charge is 0.0288 e. The summed E-state index contributed by atoms with van der Waals surface area (Å²) in [6.45, 7) is 18.0. The quantitative estimate of drug-likeness (QED) is 0.216. The fourth-order valence-electron chi connectivity index (χ4n) is 3.63. The van der Waals surface area contributed by atoms with Gasteiger partial charge in [0.05, 0.1) is 0 Å². The molecule has 0 radical (unpaired) electrons. The van der Waals surface area contributed by atoms with Crippen molar-refractivity contribution in [2.45, 2.75) is 126 Å². The van der Waals surface area contributed by atoms with E-state index < -0.39 is 0 Å². The highest BCUT2D eigenvalue weighted by Gasteiger charge is 1.95. The zero-order chi connectivity index (χ0) is 23.5. The molecule has 0 aromatic carbocycles. The van der Waals surface area contributed by atoms with E-state index in [1.807, 2.05) is 0 Å². The van der Waals surface area contributed by atoms with E-state index >= 15 is 0 Å². The van der Waals surface area contributed by atoms with Gasteiger partial charge in [0.25, 0.3) is 0 Å². The van der Waals surface area contributed by atoms with Crippen LogP contribution in [0, 0.1) is 0 Å². The maximum absolute atomic E-state index is 2.45. The van der Waals surface area contributed by atoms with Gasteiger partial charge >= 0.3 is 0 Å². The minimum atomic E-state index is 1.15. The lowest BCUT2D eigenvalue weighted by molar-refractivity contribution is 0.886. The van der Waals surface area contributed by atoms with Crippen LogP contribution >= 0.6 is 0 Å². The molecule has 176 valence electrons. The van der Waals surface area contributed by atoms with E-state index in [1.54, 1.807) is 0 Å². The molecule has 0 aliphatic heterocycles. The zero-order valence-electron chi connectivity index (χ0n) is 22.2. The van der Waals surface area contributed by atoms with E-state index in [1.165, 1.54) is 97.6 Å². The molecule has 0 heterocycles. The van der Waals surface area contributed by atoms with Crippen molar-refractivity contribution >= 4 is 0 Å². The molecular weight excluding hydrogens is 372 g/mol. The van der Waals surface area contributed by atoms with Gasteiger partial charge in [-0.05, 0) is 119 Å². The second-order valence-electron chi connectivity index (χ2n) is 9.64. The molecule has 0 N–H and O–H groups in total. The SMILES string of the molecule is CCC=C(C)CCC=C(C)CCC=C(C)CCC=C(C)CCC=C(C)CCC=C(C)C. The fourth-order valence-corrected chi connectivity index (χ4v) is 3.63. The van der Waals surface area contributed by atoms with Gasteiger partial charge in [-0.15, -0.1) is 0 Å². The van der Waals surface area contributed by atoms with Gasteiger partial charge in [-0.25, -0.2) is 0 Å². The molecule has 0 aliphatic carbocycles. The van der Waals surface area contributed by atoms with Gasteiger partial charge in [0.2, 0.25) is 0 Å². The Balaban J connectivity index is 4.09. The summed E-state index contributed by atoms with van der Waals surface area (Å²) in [7, 11) is 0. The molecular formula is C31H52. The van der Waals surface area contributed by atoms with Crippen molar-refractivity contribution in [2.75, 3.05) is 0 Å². The molecule has 0 unspecified atom stereocenters. The van der Waals surface area contributed by atoms with Crippen molar-refractivity contribution in [3.8, 4) is 0 Å². The van der Waals surface area contributed by atoms with E-state index in [0.717, 1.165) is 6.42 Å². The first-order valence-corrected chi connectivity index (χ1v) is 12.7. The Hall–Kier alpha value is -1.56. The maximum atomic E-state index is 2.45. The Bertz CT molecular complexity index is 654. The van der Waals surface area contributed by atoms with Crippen LogP contribution in [-0.2, 0) is 0 Å². The first-order chi connectivity index (χ1) is 14.7. The summed E-state index contributed by atoms with van der Waals surface area (Å²) in [6, 6.07) is 0. The predicted molar refractivity (Wildman–Crippen MR) is 145 cm³/mol. The second kappa shape index (κ2) is 19.1.